The second kappa shape index (κ2) is 8.21. The fourth-order valence-corrected chi connectivity index (χ4v) is 4.82. The first-order valence-corrected chi connectivity index (χ1v) is 10.0. The van der Waals surface area contributed by atoms with Crippen LogP contribution in [0.2, 0.25) is 0 Å². The van der Waals surface area contributed by atoms with Crippen molar-refractivity contribution >= 4 is 29.2 Å². The van der Waals surface area contributed by atoms with Gasteiger partial charge in [0.15, 0.2) is 5.69 Å². The summed E-state index contributed by atoms with van der Waals surface area (Å²) in [5.41, 5.74) is 1.45. The van der Waals surface area contributed by atoms with E-state index in [1.807, 2.05) is 25.1 Å². The maximum Gasteiger partial charge on any atom is 0.276 e. The van der Waals surface area contributed by atoms with Crippen LogP contribution in [0.25, 0.3) is 10.9 Å². The van der Waals surface area contributed by atoms with Crippen LogP contribution in [-0.2, 0) is 6.54 Å². The molecule has 2 fully saturated rings. The van der Waals surface area contributed by atoms with Gasteiger partial charge in [-0.3, -0.25) is 14.3 Å². The van der Waals surface area contributed by atoms with Gasteiger partial charge in [0.25, 0.3) is 5.91 Å². The number of rotatable bonds is 4. The molecule has 1 aromatic carbocycles. The number of halogens is 1. The summed E-state index contributed by atoms with van der Waals surface area (Å²) in [5.74, 6) is -0.330. The van der Waals surface area contributed by atoms with Crippen molar-refractivity contribution in [2.45, 2.75) is 70.6 Å². The lowest BCUT2D eigenvalue weighted by Gasteiger charge is -2.36. The Morgan fingerprint density at radius 3 is 2.57 bits per heavy atom. The van der Waals surface area contributed by atoms with Gasteiger partial charge in [-0.15, -0.1) is 12.4 Å². The molecular weight excluding hydrogens is 376 g/mol. The zero-order valence-electron chi connectivity index (χ0n) is 16.8. The molecule has 2 aliphatic rings. The fraction of sp³-hybridized carbons (Fsp3) is 0.571. The van der Waals surface area contributed by atoms with Gasteiger partial charge in [0.2, 0.25) is 5.43 Å². The highest BCUT2D eigenvalue weighted by molar-refractivity contribution is 5.96. The number of nitrogens with zero attached hydrogens (tertiary/aromatic N) is 3. The predicted molar refractivity (Wildman–Crippen MR) is 113 cm³/mol. The van der Waals surface area contributed by atoms with Crippen LogP contribution < -0.4 is 10.7 Å². The lowest BCUT2D eigenvalue weighted by molar-refractivity contribution is 0.0874. The monoisotopic (exact) mass is 404 g/mol. The number of hydrogen-bond acceptors (Lipinski definition) is 4. The molecule has 2 aromatic rings. The molecule has 152 valence electrons. The molecule has 0 unspecified atom stereocenters. The van der Waals surface area contributed by atoms with Crippen LogP contribution >= 0.6 is 12.4 Å². The van der Waals surface area contributed by atoms with Crippen molar-refractivity contribution in [3.63, 3.8) is 0 Å². The van der Waals surface area contributed by atoms with E-state index in [2.05, 4.69) is 29.3 Å². The van der Waals surface area contributed by atoms with E-state index in [0.29, 0.717) is 24.0 Å². The van der Waals surface area contributed by atoms with Crippen molar-refractivity contribution in [1.82, 2.24) is 20.0 Å². The van der Waals surface area contributed by atoms with Crippen molar-refractivity contribution in [3.05, 3.63) is 39.7 Å². The van der Waals surface area contributed by atoms with E-state index in [4.69, 9.17) is 0 Å². The molecule has 1 N–H and O–H groups in total. The van der Waals surface area contributed by atoms with Gasteiger partial charge in [-0.05, 0) is 57.7 Å². The number of piperidine rings is 1. The Labute approximate surface area is 171 Å². The van der Waals surface area contributed by atoms with Crippen molar-refractivity contribution in [1.29, 1.82) is 0 Å². The Morgan fingerprint density at radius 2 is 1.93 bits per heavy atom. The molecule has 2 saturated heterocycles. The number of nitrogens with one attached hydrogen (secondary N) is 1. The van der Waals surface area contributed by atoms with Gasteiger partial charge < -0.3 is 10.2 Å². The highest BCUT2D eigenvalue weighted by atomic mass is 35.5. The van der Waals surface area contributed by atoms with E-state index in [0.717, 1.165) is 30.3 Å². The first-order chi connectivity index (χ1) is 13.0. The molecule has 3 heterocycles. The average Bonchev–Trinajstić information content (AvgIpc) is 2.85. The molecule has 2 aliphatic heterocycles. The van der Waals surface area contributed by atoms with Gasteiger partial charge in [-0.25, -0.2) is 0 Å². The minimum Gasteiger partial charge on any atom is -0.348 e. The molecule has 7 heteroatoms. The summed E-state index contributed by atoms with van der Waals surface area (Å²) in [6, 6.07) is 6.95. The number of benzene rings is 1. The molecular formula is C21H29ClN4O2. The maximum absolute atomic E-state index is 13.0. The summed E-state index contributed by atoms with van der Waals surface area (Å²) in [4.78, 5) is 28.4. The standard InChI is InChI=1S/C21H28N4O2.ClH/c1-4-10-25-17-7-5-6-13(2)18(17)20(26)19(23-25)21(27)22-14-11-15-8-9-16(12-14)24(15)3;/h5-7,14-16H,4,8-12H2,1-3H3,(H,22,27);1H/t14-,15+,16-;. The van der Waals surface area contributed by atoms with Crippen molar-refractivity contribution in [2.24, 2.45) is 0 Å². The largest absolute Gasteiger partial charge is 0.348 e. The molecule has 0 spiro atoms. The minimum atomic E-state index is -0.330. The number of carbonyl (C=O) groups is 1. The molecule has 2 bridgehead atoms. The van der Waals surface area contributed by atoms with Crippen LogP contribution in [0.5, 0.6) is 0 Å². The van der Waals surface area contributed by atoms with Crippen molar-refractivity contribution in [2.75, 3.05) is 7.05 Å². The van der Waals surface area contributed by atoms with Gasteiger partial charge in [-0.1, -0.05) is 19.1 Å². The molecule has 0 aliphatic carbocycles. The van der Waals surface area contributed by atoms with Crippen molar-refractivity contribution < 1.29 is 4.79 Å². The molecule has 28 heavy (non-hydrogen) atoms. The summed E-state index contributed by atoms with van der Waals surface area (Å²) in [6.07, 6.45) is 5.19. The molecule has 1 aromatic heterocycles. The Hall–Kier alpha value is -1.92. The first-order valence-electron chi connectivity index (χ1n) is 10.0. The number of amides is 1. The lowest BCUT2D eigenvalue weighted by atomic mass is 9.98. The Kier molecular flexibility index (Phi) is 6.10. The van der Waals surface area contributed by atoms with E-state index >= 15 is 0 Å². The molecule has 3 atom stereocenters. The normalized spacial score (nSPS) is 24.2. The predicted octanol–water partition coefficient (Wildman–Crippen LogP) is 2.89. The van der Waals surface area contributed by atoms with Gasteiger partial charge in [-0.2, -0.15) is 5.10 Å². The Balaban J connectivity index is 0.00000225. The van der Waals surface area contributed by atoms with Crippen LogP contribution in [0, 0.1) is 6.92 Å². The maximum atomic E-state index is 13.0. The van der Waals surface area contributed by atoms with Crippen LogP contribution in [0.1, 0.15) is 55.1 Å². The highest BCUT2D eigenvalue weighted by Gasteiger charge is 2.39. The number of fused-ring (bicyclic) bond motifs is 3. The van der Waals surface area contributed by atoms with Gasteiger partial charge >= 0.3 is 0 Å². The molecule has 0 radical (unpaired) electrons. The fourth-order valence-electron chi connectivity index (χ4n) is 4.82. The summed E-state index contributed by atoms with van der Waals surface area (Å²) in [7, 11) is 2.18. The van der Waals surface area contributed by atoms with Gasteiger partial charge in [0.1, 0.15) is 0 Å². The third-order valence-corrected chi connectivity index (χ3v) is 6.28. The number of aromatic nitrogens is 2. The lowest BCUT2D eigenvalue weighted by Crippen LogP contribution is -2.49. The third kappa shape index (κ3) is 3.55. The SMILES string of the molecule is CCCn1nc(C(=O)N[C@H]2C[C@H]3CC[C@@H](C2)N3C)c(=O)c2c(C)cccc21.Cl. The zero-order chi connectivity index (χ0) is 19.1. The van der Waals surface area contributed by atoms with Crippen molar-refractivity contribution in [3.8, 4) is 0 Å². The second-order valence-corrected chi connectivity index (χ2v) is 8.06. The number of aryl methyl sites for hydroxylation is 2. The van der Waals surface area contributed by atoms with Crippen LogP contribution in [0.3, 0.4) is 0 Å². The van der Waals surface area contributed by atoms with Crippen LogP contribution in [-0.4, -0.2) is 45.8 Å². The summed E-state index contributed by atoms with van der Waals surface area (Å²) in [5, 5.41) is 8.16. The molecule has 6 nitrogen and oxygen atoms in total. The minimum absolute atomic E-state index is 0. The molecule has 4 rings (SSSR count). The number of hydrogen-bond donors (Lipinski definition) is 1. The molecule has 0 saturated carbocycles. The summed E-state index contributed by atoms with van der Waals surface area (Å²) >= 11 is 0. The topological polar surface area (TPSA) is 67.2 Å². The van der Waals surface area contributed by atoms with E-state index in [9.17, 15) is 9.59 Å². The van der Waals surface area contributed by atoms with E-state index in [1.165, 1.54) is 12.8 Å². The number of carbonyl (C=O) groups excluding carboxylic acids is 1. The molecule has 1 amide bonds. The van der Waals surface area contributed by atoms with E-state index in [-0.39, 0.29) is 35.5 Å². The smallest absolute Gasteiger partial charge is 0.276 e. The van der Waals surface area contributed by atoms with Gasteiger partial charge in [0.05, 0.1) is 10.9 Å². The average molecular weight is 405 g/mol. The zero-order valence-corrected chi connectivity index (χ0v) is 17.6. The summed E-state index contributed by atoms with van der Waals surface area (Å²) < 4.78 is 1.80. The van der Waals surface area contributed by atoms with E-state index < -0.39 is 0 Å². The first kappa shape index (κ1) is 20.8. The Morgan fingerprint density at radius 1 is 1.25 bits per heavy atom. The quantitative estimate of drug-likeness (QED) is 0.850. The van der Waals surface area contributed by atoms with Crippen LogP contribution in [0.15, 0.2) is 23.0 Å². The third-order valence-electron chi connectivity index (χ3n) is 6.28. The van der Waals surface area contributed by atoms with Crippen LogP contribution in [0.4, 0.5) is 0 Å². The van der Waals surface area contributed by atoms with E-state index in [1.54, 1.807) is 4.68 Å². The Bertz CT molecular complexity index is 928. The summed E-state index contributed by atoms with van der Waals surface area (Å²) in [6.45, 7) is 4.66. The van der Waals surface area contributed by atoms with Gasteiger partial charge in [0, 0.05) is 24.7 Å². The second-order valence-electron chi connectivity index (χ2n) is 8.06. The highest BCUT2D eigenvalue weighted by Crippen LogP contribution is 2.34.